The number of rotatable bonds is 3. The van der Waals surface area contributed by atoms with Gasteiger partial charge in [-0.15, -0.1) is 5.10 Å². The van der Waals surface area contributed by atoms with Crippen LogP contribution in [0, 0.1) is 0 Å². The molecule has 2 aromatic rings. The van der Waals surface area contributed by atoms with E-state index in [4.69, 9.17) is 0 Å². The molecule has 0 atom stereocenters. The van der Waals surface area contributed by atoms with Crippen molar-refractivity contribution in [3.8, 4) is 0 Å². The van der Waals surface area contributed by atoms with Gasteiger partial charge in [-0.2, -0.15) is 5.10 Å². The van der Waals surface area contributed by atoms with E-state index in [9.17, 15) is 4.79 Å². The van der Waals surface area contributed by atoms with Gasteiger partial charge in [0.2, 0.25) is 5.91 Å². The van der Waals surface area contributed by atoms with Crippen LogP contribution in [-0.4, -0.2) is 71.7 Å². The molecule has 1 amide bonds. The zero-order chi connectivity index (χ0) is 17.4. The van der Waals surface area contributed by atoms with Crippen molar-refractivity contribution in [3.63, 3.8) is 0 Å². The standard InChI is InChI=1S/C19H25N5O/c1-22(2)19(8-5-9-19)18(25)24-12-10-23(11-13-24)17-16-7-4-3-6-15(16)14-20-21-17/h3-4,6-7,14H,5,8-13H2,1-2H3. The Balaban J connectivity index is 1.49. The minimum atomic E-state index is -0.262. The Hall–Kier alpha value is -2.21. The third-order valence-corrected chi connectivity index (χ3v) is 5.85. The monoisotopic (exact) mass is 339 g/mol. The van der Waals surface area contributed by atoms with Gasteiger partial charge in [-0.3, -0.25) is 9.69 Å². The number of aromatic nitrogens is 2. The molecule has 4 rings (SSSR count). The Labute approximate surface area is 148 Å². The van der Waals surface area contributed by atoms with Crippen molar-refractivity contribution >= 4 is 22.5 Å². The number of carbonyl (C=O) groups is 1. The Morgan fingerprint density at radius 1 is 1.12 bits per heavy atom. The molecule has 1 aromatic heterocycles. The molecule has 0 spiro atoms. The first-order valence-corrected chi connectivity index (χ1v) is 9.04. The number of fused-ring (bicyclic) bond motifs is 1. The number of hydrogen-bond donors (Lipinski definition) is 0. The lowest BCUT2D eigenvalue weighted by molar-refractivity contribution is -0.149. The van der Waals surface area contributed by atoms with Crippen molar-refractivity contribution in [1.29, 1.82) is 0 Å². The summed E-state index contributed by atoms with van der Waals surface area (Å²) < 4.78 is 0. The molecule has 0 N–H and O–H groups in total. The second-order valence-corrected chi connectivity index (χ2v) is 7.31. The third-order valence-electron chi connectivity index (χ3n) is 5.85. The fourth-order valence-corrected chi connectivity index (χ4v) is 4.03. The van der Waals surface area contributed by atoms with Crippen LogP contribution in [0.2, 0.25) is 0 Å². The van der Waals surface area contributed by atoms with E-state index < -0.39 is 0 Å². The van der Waals surface area contributed by atoms with Crippen LogP contribution in [0.1, 0.15) is 19.3 Å². The molecule has 1 aliphatic heterocycles. The average Bonchev–Trinajstić information content (AvgIpc) is 2.60. The molecular formula is C19H25N5O. The lowest BCUT2D eigenvalue weighted by atomic mass is 9.74. The van der Waals surface area contributed by atoms with Gasteiger partial charge in [0.1, 0.15) is 5.54 Å². The van der Waals surface area contributed by atoms with Crippen LogP contribution in [0.15, 0.2) is 30.5 Å². The smallest absolute Gasteiger partial charge is 0.243 e. The largest absolute Gasteiger partial charge is 0.351 e. The van der Waals surface area contributed by atoms with Crippen molar-refractivity contribution in [2.75, 3.05) is 45.2 Å². The maximum absolute atomic E-state index is 13.0. The van der Waals surface area contributed by atoms with Crippen LogP contribution in [0.5, 0.6) is 0 Å². The summed E-state index contributed by atoms with van der Waals surface area (Å²) in [6.07, 6.45) is 4.91. The molecule has 2 heterocycles. The minimum Gasteiger partial charge on any atom is -0.351 e. The Morgan fingerprint density at radius 2 is 1.84 bits per heavy atom. The van der Waals surface area contributed by atoms with Crippen molar-refractivity contribution < 1.29 is 4.79 Å². The number of nitrogens with zero attached hydrogens (tertiary/aromatic N) is 5. The SMILES string of the molecule is CN(C)C1(C(=O)N2CCN(c3nncc4ccccc34)CC2)CCC1. The number of hydrogen-bond acceptors (Lipinski definition) is 5. The molecule has 6 nitrogen and oxygen atoms in total. The molecule has 1 saturated heterocycles. The molecule has 2 aliphatic rings. The van der Waals surface area contributed by atoms with Gasteiger partial charge in [-0.1, -0.05) is 24.3 Å². The number of carbonyl (C=O) groups excluding carboxylic acids is 1. The van der Waals surface area contributed by atoms with Gasteiger partial charge in [0, 0.05) is 37.0 Å². The van der Waals surface area contributed by atoms with Crippen molar-refractivity contribution in [3.05, 3.63) is 30.5 Å². The first-order valence-electron chi connectivity index (χ1n) is 9.04. The molecule has 1 aromatic carbocycles. The zero-order valence-electron chi connectivity index (χ0n) is 15.0. The van der Waals surface area contributed by atoms with E-state index in [1.54, 1.807) is 6.20 Å². The second kappa shape index (κ2) is 6.26. The number of anilines is 1. The zero-order valence-corrected chi connectivity index (χ0v) is 15.0. The summed E-state index contributed by atoms with van der Waals surface area (Å²) in [5, 5.41) is 10.7. The maximum atomic E-state index is 13.0. The summed E-state index contributed by atoms with van der Waals surface area (Å²) in [5.41, 5.74) is -0.262. The fraction of sp³-hybridized carbons (Fsp3) is 0.526. The molecule has 0 unspecified atom stereocenters. The van der Waals surface area contributed by atoms with Crippen LogP contribution >= 0.6 is 0 Å². The summed E-state index contributed by atoms with van der Waals surface area (Å²) in [5.74, 6) is 1.23. The van der Waals surface area contributed by atoms with Crippen LogP contribution in [0.25, 0.3) is 10.8 Å². The normalized spacial score (nSPS) is 20.0. The van der Waals surface area contributed by atoms with Crippen molar-refractivity contribution in [2.24, 2.45) is 0 Å². The van der Waals surface area contributed by atoms with Crippen LogP contribution in [-0.2, 0) is 4.79 Å². The summed E-state index contributed by atoms with van der Waals surface area (Å²) in [7, 11) is 4.05. The molecule has 0 radical (unpaired) electrons. The highest BCUT2D eigenvalue weighted by molar-refractivity contribution is 5.91. The van der Waals surface area contributed by atoms with E-state index in [0.717, 1.165) is 62.0 Å². The predicted octanol–water partition coefficient (Wildman–Crippen LogP) is 1.76. The number of amides is 1. The van der Waals surface area contributed by atoms with Gasteiger partial charge < -0.3 is 9.80 Å². The highest BCUT2D eigenvalue weighted by Crippen LogP contribution is 2.38. The maximum Gasteiger partial charge on any atom is 0.243 e. The molecule has 0 bridgehead atoms. The highest BCUT2D eigenvalue weighted by Gasteiger charge is 2.48. The van der Waals surface area contributed by atoms with E-state index in [1.807, 2.05) is 31.1 Å². The Morgan fingerprint density at radius 3 is 2.48 bits per heavy atom. The lowest BCUT2D eigenvalue weighted by Gasteiger charge is -2.49. The average molecular weight is 339 g/mol. The van der Waals surface area contributed by atoms with E-state index in [0.29, 0.717) is 5.91 Å². The molecule has 1 aliphatic carbocycles. The van der Waals surface area contributed by atoms with E-state index in [2.05, 4.69) is 32.1 Å². The van der Waals surface area contributed by atoms with Gasteiger partial charge >= 0.3 is 0 Å². The lowest BCUT2D eigenvalue weighted by Crippen LogP contribution is -2.63. The highest BCUT2D eigenvalue weighted by atomic mass is 16.2. The van der Waals surface area contributed by atoms with Gasteiger partial charge in [0.15, 0.2) is 5.82 Å². The van der Waals surface area contributed by atoms with E-state index in [1.165, 1.54) is 0 Å². The first kappa shape index (κ1) is 16.3. The van der Waals surface area contributed by atoms with Gasteiger partial charge in [-0.25, -0.2) is 0 Å². The van der Waals surface area contributed by atoms with E-state index >= 15 is 0 Å². The van der Waals surface area contributed by atoms with Crippen LogP contribution in [0.4, 0.5) is 5.82 Å². The topological polar surface area (TPSA) is 52.6 Å². The molecule has 6 heteroatoms. The molecule has 25 heavy (non-hydrogen) atoms. The Bertz CT molecular complexity index is 773. The summed E-state index contributed by atoms with van der Waals surface area (Å²) in [6, 6.07) is 8.20. The molecule has 132 valence electrons. The Kier molecular flexibility index (Phi) is 4.07. The third kappa shape index (κ3) is 2.65. The number of piperazine rings is 1. The fourth-order valence-electron chi connectivity index (χ4n) is 4.03. The first-order chi connectivity index (χ1) is 12.1. The molecule has 2 fully saturated rings. The van der Waals surface area contributed by atoms with Gasteiger partial charge in [0.05, 0.1) is 6.20 Å². The van der Waals surface area contributed by atoms with Gasteiger partial charge in [0.25, 0.3) is 0 Å². The predicted molar refractivity (Wildman–Crippen MR) is 98.6 cm³/mol. The van der Waals surface area contributed by atoms with E-state index in [-0.39, 0.29) is 5.54 Å². The second-order valence-electron chi connectivity index (χ2n) is 7.31. The van der Waals surface area contributed by atoms with Gasteiger partial charge in [-0.05, 0) is 33.4 Å². The minimum absolute atomic E-state index is 0.262. The van der Waals surface area contributed by atoms with Crippen LogP contribution < -0.4 is 4.90 Å². The summed E-state index contributed by atoms with van der Waals surface area (Å²) in [6.45, 7) is 3.11. The molecular weight excluding hydrogens is 314 g/mol. The summed E-state index contributed by atoms with van der Waals surface area (Å²) >= 11 is 0. The van der Waals surface area contributed by atoms with Crippen molar-refractivity contribution in [1.82, 2.24) is 20.0 Å². The quantitative estimate of drug-likeness (QED) is 0.853. The van der Waals surface area contributed by atoms with Crippen molar-refractivity contribution in [2.45, 2.75) is 24.8 Å². The summed E-state index contributed by atoms with van der Waals surface area (Å²) in [4.78, 5) is 19.4. The number of likely N-dealkylation sites (N-methyl/N-ethyl adjacent to an activating group) is 1. The number of benzene rings is 1. The van der Waals surface area contributed by atoms with Crippen LogP contribution in [0.3, 0.4) is 0 Å². The molecule has 1 saturated carbocycles.